The molecule has 3 aromatic heterocycles. The molecule has 0 saturated heterocycles. The van der Waals surface area contributed by atoms with Gasteiger partial charge < -0.3 is 10.2 Å². The second kappa shape index (κ2) is 6.42. The van der Waals surface area contributed by atoms with Crippen molar-refractivity contribution >= 4 is 34.0 Å². The molecule has 0 aliphatic heterocycles. The van der Waals surface area contributed by atoms with Gasteiger partial charge in [0, 0.05) is 25.1 Å². The molecule has 1 unspecified atom stereocenters. The van der Waals surface area contributed by atoms with Crippen LogP contribution in [-0.2, 0) is 6.61 Å². The topological polar surface area (TPSA) is 40.5 Å². The van der Waals surface area contributed by atoms with Gasteiger partial charge in [0.1, 0.15) is 0 Å². The molecule has 0 aromatic carbocycles. The molecule has 0 saturated carbocycles. The lowest BCUT2D eigenvalue weighted by atomic mass is 10.2. The molecule has 0 spiro atoms. The first-order valence-electron chi connectivity index (χ1n) is 6.78. The number of hydrogen-bond acceptors (Lipinski definition) is 5. The smallest absolute Gasteiger partial charge is 0.0879 e. The van der Waals surface area contributed by atoms with E-state index in [4.69, 9.17) is 0 Å². The molecule has 0 amide bonds. The van der Waals surface area contributed by atoms with Gasteiger partial charge in [0.05, 0.1) is 17.6 Å². The van der Waals surface area contributed by atoms with E-state index in [1.165, 1.54) is 9.75 Å². The van der Waals surface area contributed by atoms with Crippen LogP contribution in [0.4, 0.5) is 0 Å². The fourth-order valence-corrected chi connectivity index (χ4v) is 5.23. The average molecular weight is 337 g/mol. The normalized spacial score (nSPS) is 12.7. The lowest BCUT2D eigenvalue weighted by Crippen LogP contribution is -1.89. The van der Waals surface area contributed by atoms with Crippen LogP contribution in [0.3, 0.4) is 0 Å². The first-order chi connectivity index (χ1) is 10.2. The fourth-order valence-electron chi connectivity index (χ4n) is 2.17. The highest BCUT2D eigenvalue weighted by atomic mass is 32.1. The van der Waals surface area contributed by atoms with Crippen molar-refractivity contribution in [2.75, 3.05) is 0 Å². The third-order valence-corrected chi connectivity index (χ3v) is 6.68. The van der Waals surface area contributed by atoms with Gasteiger partial charge in [0.25, 0.3) is 0 Å². The van der Waals surface area contributed by atoms with Crippen molar-refractivity contribution in [1.29, 1.82) is 0 Å². The Morgan fingerprint density at radius 3 is 2.67 bits per heavy atom. The van der Waals surface area contributed by atoms with E-state index < -0.39 is 0 Å². The van der Waals surface area contributed by atoms with Crippen LogP contribution in [0.2, 0.25) is 0 Å². The number of aliphatic hydroxyl groups is 2. The lowest BCUT2D eigenvalue weighted by molar-refractivity contribution is 0.177. The molecule has 3 aromatic rings. The number of hydrogen-bond donors (Lipinski definition) is 2. The van der Waals surface area contributed by atoms with Gasteiger partial charge in [-0.3, -0.25) is 0 Å². The Kier molecular flexibility index (Phi) is 4.57. The van der Waals surface area contributed by atoms with Gasteiger partial charge >= 0.3 is 0 Å². The van der Waals surface area contributed by atoms with Crippen molar-refractivity contribution < 1.29 is 10.2 Å². The molecule has 5 heteroatoms. The van der Waals surface area contributed by atoms with Crippen LogP contribution in [0.15, 0.2) is 35.7 Å². The van der Waals surface area contributed by atoms with E-state index >= 15 is 0 Å². The highest BCUT2D eigenvalue weighted by molar-refractivity contribution is 7.22. The third kappa shape index (κ3) is 2.98. The molecule has 21 heavy (non-hydrogen) atoms. The van der Waals surface area contributed by atoms with Crippen molar-refractivity contribution in [3.63, 3.8) is 0 Å². The first-order valence-corrected chi connectivity index (χ1v) is 9.29. The molecule has 2 nitrogen and oxygen atoms in total. The van der Waals surface area contributed by atoms with Crippen molar-refractivity contribution in [3.05, 3.63) is 45.5 Å². The molecule has 0 radical (unpaired) electrons. The Balaban J connectivity index is 2.05. The molecule has 0 aliphatic rings. The monoisotopic (exact) mass is 336 g/mol. The van der Waals surface area contributed by atoms with Gasteiger partial charge in [0.15, 0.2) is 0 Å². The van der Waals surface area contributed by atoms with Crippen molar-refractivity contribution in [1.82, 2.24) is 0 Å². The molecule has 2 N–H and O–H groups in total. The molecule has 0 fully saturated rings. The van der Waals surface area contributed by atoms with E-state index in [2.05, 4.69) is 23.6 Å². The zero-order valence-electron chi connectivity index (χ0n) is 11.6. The van der Waals surface area contributed by atoms with E-state index in [9.17, 15) is 10.2 Å². The predicted molar refractivity (Wildman–Crippen MR) is 92.1 cm³/mol. The fraction of sp³-hybridized carbons (Fsp3) is 0.250. The van der Waals surface area contributed by atoms with Crippen LogP contribution in [0.1, 0.15) is 29.2 Å². The van der Waals surface area contributed by atoms with Crippen LogP contribution in [0.5, 0.6) is 0 Å². The molecule has 110 valence electrons. The van der Waals surface area contributed by atoms with Crippen LogP contribution >= 0.6 is 34.0 Å². The summed E-state index contributed by atoms with van der Waals surface area (Å²) in [4.78, 5) is 5.55. The van der Waals surface area contributed by atoms with Crippen LogP contribution < -0.4 is 0 Å². The summed E-state index contributed by atoms with van der Waals surface area (Å²) in [6.45, 7) is 2.05. The van der Waals surface area contributed by atoms with E-state index in [-0.39, 0.29) is 12.7 Å². The predicted octanol–water partition coefficient (Wildman–Crippen LogP) is 5.14. The van der Waals surface area contributed by atoms with Gasteiger partial charge in [0.2, 0.25) is 0 Å². The van der Waals surface area contributed by atoms with Crippen LogP contribution in [-0.4, -0.2) is 10.2 Å². The van der Waals surface area contributed by atoms with Gasteiger partial charge in [-0.15, -0.1) is 34.0 Å². The highest BCUT2D eigenvalue weighted by Gasteiger charge is 2.16. The van der Waals surface area contributed by atoms with Gasteiger partial charge in [-0.1, -0.05) is 13.0 Å². The summed E-state index contributed by atoms with van der Waals surface area (Å²) in [5.74, 6) is 0. The Labute approximate surface area is 136 Å². The summed E-state index contributed by atoms with van der Waals surface area (Å²) in [6, 6.07) is 10.3. The largest absolute Gasteiger partial charge is 0.391 e. The minimum atomic E-state index is -0.384. The summed E-state index contributed by atoms with van der Waals surface area (Å²) < 4.78 is 0. The summed E-state index contributed by atoms with van der Waals surface area (Å²) >= 11 is 4.98. The molecule has 3 heterocycles. The van der Waals surface area contributed by atoms with Crippen LogP contribution in [0.25, 0.3) is 20.2 Å². The maximum Gasteiger partial charge on any atom is 0.0879 e. The SMILES string of the molecule is CCC(O)c1ccc(-c2cc(CO)sc2-c2cccs2)s1. The zero-order valence-corrected chi connectivity index (χ0v) is 14.0. The number of aliphatic hydroxyl groups excluding tert-OH is 2. The van der Waals surface area contributed by atoms with Gasteiger partial charge in [-0.2, -0.15) is 0 Å². The lowest BCUT2D eigenvalue weighted by Gasteiger charge is -2.03. The molecule has 3 rings (SSSR count). The standard InChI is InChI=1S/C16H16O2S3/c1-2-12(18)14-6-5-13(21-14)11-8-10(9-17)20-16(11)15-4-3-7-19-15/h3-8,12,17-18H,2,9H2,1H3. The highest BCUT2D eigenvalue weighted by Crippen LogP contribution is 2.44. The number of rotatable bonds is 5. The summed E-state index contributed by atoms with van der Waals surface area (Å²) in [5, 5.41) is 21.5. The average Bonchev–Trinajstić information content (AvgIpc) is 3.22. The summed E-state index contributed by atoms with van der Waals surface area (Å²) in [6.07, 6.45) is 0.341. The minimum Gasteiger partial charge on any atom is -0.391 e. The van der Waals surface area contributed by atoms with Crippen LogP contribution in [0, 0.1) is 0 Å². The van der Waals surface area contributed by atoms with Crippen molar-refractivity contribution in [2.45, 2.75) is 26.1 Å². The van der Waals surface area contributed by atoms with Crippen molar-refractivity contribution in [2.24, 2.45) is 0 Å². The van der Waals surface area contributed by atoms with E-state index in [0.29, 0.717) is 0 Å². The molecule has 0 bridgehead atoms. The maximum atomic E-state index is 9.97. The summed E-state index contributed by atoms with van der Waals surface area (Å²) in [7, 11) is 0. The molecule has 1 atom stereocenters. The second-order valence-electron chi connectivity index (χ2n) is 4.72. The first kappa shape index (κ1) is 14.9. The quantitative estimate of drug-likeness (QED) is 0.677. The Hall–Kier alpha value is -0.980. The zero-order chi connectivity index (χ0) is 14.8. The van der Waals surface area contributed by atoms with E-state index in [1.54, 1.807) is 34.0 Å². The number of thiophene rings is 3. The third-order valence-electron chi connectivity index (χ3n) is 3.29. The Bertz CT molecular complexity index is 710. The van der Waals surface area contributed by atoms with Gasteiger partial charge in [-0.25, -0.2) is 0 Å². The second-order valence-corrected chi connectivity index (χ2v) is 7.92. The minimum absolute atomic E-state index is 0.0683. The van der Waals surface area contributed by atoms with E-state index in [0.717, 1.165) is 26.6 Å². The van der Waals surface area contributed by atoms with Crippen molar-refractivity contribution in [3.8, 4) is 20.2 Å². The van der Waals surface area contributed by atoms with Gasteiger partial charge in [-0.05, 0) is 36.1 Å². The Morgan fingerprint density at radius 1 is 1.14 bits per heavy atom. The molecule has 0 aliphatic carbocycles. The van der Waals surface area contributed by atoms with E-state index in [1.807, 2.05) is 19.1 Å². The molecular weight excluding hydrogens is 320 g/mol. The maximum absolute atomic E-state index is 9.97. The summed E-state index contributed by atoms with van der Waals surface area (Å²) in [5.41, 5.74) is 1.16. The Morgan fingerprint density at radius 2 is 2.00 bits per heavy atom. The molecular formula is C16H16O2S3.